The Bertz CT molecular complexity index is 947. The predicted molar refractivity (Wildman–Crippen MR) is 139 cm³/mol. The fourth-order valence-corrected chi connectivity index (χ4v) is 6.57. The quantitative estimate of drug-likeness (QED) is 0.231. The number of carbonyl (C=O) groups excluding carboxylic acids is 1. The lowest BCUT2D eigenvalue weighted by molar-refractivity contribution is -0.133. The molecule has 0 fully saturated rings. The molecule has 0 aliphatic carbocycles. The second-order valence-corrected chi connectivity index (χ2v) is 10.7. The average Bonchev–Trinajstić information content (AvgIpc) is 2.89. The number of hydrogen-bond acceptors (Lipinski definition) is 4. The zero-order valence-electron chi connectivity index (χ0n) is 20.5. The van der Waals surface area contributed by atoms with E-state index in [-0.39, 0.29) is 5.97 Å². The normalized spacial score (nSPS) is 11.6. The third kappa shape index (κ3) is 6.35. The van der Waals surface area contributed by atoms with Gasteiger partial charge in [-0.3, -0.25) is 4.79 Å². The average molecular weight is 481 g/mol. The number of benzene rings is 3. The van der Waals surface area contributed by atoms with Crippen LogP contribution >= 0.6 is 10.3 Å². The molecule has 0 bridgehead atoms. The molecule has 0 amide bonds. The van der Waals surface area contributed by atoms with Gasteiger partial charge in [0.1, 0.15) is 11.5 Å². The maximum absolute atomic E-state index is 12.8. The summed E-state index contributed by atoms with van der Waals surface area (Å²) < 4.78 is 18.1. The minimum atomic E-state index is -2.29. The lowest BCUT2D eigenvalue weighted by Crippen LogP contribution is -2.13. The Morgan fingerprint density at radius 1 is 0.647 bits per heavy atom. The Morgan fingerprint density at radius 2 is 1.09 bits per heavy atom. The van der Waals surface area contributed by atoms with Crippen LogP contribution in [0.25, 0.3) is 0 Å². The third-order valence-electron chi connectivity index (χ3n) is 5.43. The van der Waals surface area contributed by atoms with E-state index in [1.165, 1.54) is 0 Å². The van der Waals surface area contributed by atoms with Crippen LogP contribution in [0.3, 0.4) is 0 Å². The van der Waals surface area contributed by atoms with E-state index < -0.39 is 10.3 Å². The molecule has 0 heterocycles. The number of ether oxygens (including phenoxy) is 2. The molecule has 0 radical (unpaired) electrons. The van der Waals surface area contributed by atoms with Crippen LogP contribution in [0.5, 0.6) is 11.5 Å². The van der Waals surface area contributed by atoms with Crippen LogP contribution in [-0.4, -0.2) is 19.2 Å². The number of hydrogen-bond donors (Lipinski definition) is 0. The lowest BCUT2D eigenvalue weighted by Gasteiger charge is -2.39. The van der Waals surface area contributed by atoms with Gasteiger partial charge in [0.05, 0.1) is 13.2 Å². The van der Waals surface area contributed by atoms with Gasteiger partial charge in [0.25, 0.3) is 0 Å². The summed E-state index contributed by atoms with van der Waals surface area (Å²) >= 11 is 0. The summed E-state index contributed by atoms with van der Waals surface area (Å²) in [6, 6.07) is 26.0. The molecule has 3 aromatic carbocycles. The molecule has 182 valence electrons. The van der Waals surface area contributed by atoms with Crippen LogP contribution in [0.15, 0.2) is 93.5 Å². The number of unbranched alkanes of at least 4 members (excludes halogenated alkanes) is 2. The molecule has 0 atom stereocenters. The van der Waals surface area contributed by atoms with Crippen molar-refractivity contribution in [2.24, 2.45) is 0 Å². The smallest absolute Gasteiger partial charge is 0.316 e. The summed E-state index contributed by atoms with van der Waals surface area (Å²) in [5.41, 5.74) is 0. The molecule has 34 heavy (non-hydrogen) atoms. The van der Waals surface area contributed by atoms with E-state index in [1.54, 1.807) is 0 Å². The maximum atomic E-state index is 12.8. The summed E-state index contributed by atoms with van der Waals surface area (Å²) in [5.74, 6) is 1.41. The molecule has 0 saturated heterocycles. The Morgan fingerprint density at radius 3 is 1.50 bits per heavy atom. The molecule has 3 rings (SSSR count). The van der Waals surface area contributed by atoms with Crippen molar-refractivity contribution in [3.05, 3.63) is 78.9 Å². The fraction of sp³-hybridized carbons (Fsp3) is 0.345. The number of rotatable bonds is 13. The molecule has 4 nitrogen and oxygen atoms in total. The highest BCUT2D eigenvalue weighted by molar-refractivity contribution is 8.30. The monoisotopic (exact) mass is 480 g/mol. The first-order valence-electron chi connectivity index (χ1n) is 12.2. The van der Waals surface area contributed by atoms with Crippen LogP contribution in [0.1, 0.15) is 52.9 Å². The van der Waals surface area contributed by atoms with E-state index in [2.05, 4.69) is 13.8 Å². The summed E-state index contributed by atoms with van der Waals surface area (Å²) in [6.07, 6.45) is 4.51. The molecular formula is C29H36O4S. The summed E-state index contributed by atoms with van der Waals surface area (Å²) in [4.78, 5) is 15.6. The zero-order chi connectivity index (χ0) is 24.2. The second-order valence-electron chi connectivity index (χ2n) is 8.02. The van der Waals surface area contributed by atoms with Crippen molar-refractivity contribution in [1.29, 1.82) is 0 Å². The molecule has 0 saturated carbocycles. The highest BCUT2D eigenvalue weighted by atomic mass is 32.3. The van der Waals surface area contributed by atoms with Crippen molar-refractivity contribution in [3.63, 3.8) is 0 Å². The molecule has 0 aromatic heterocycles. The Balaban J connectivity index is 2.07. The van der Waals surface area contributed by atoms with Crippen LogP contribution in [0.2, 0.25) is 0 Å². The highest BCUT2D eigenvalue weighted by Crippen LogP contribution is 2.69. The van der Waals surface area contributed by atoms with Gasteiger partial charge in [0, 0.05) is 21.1 Å². The molecule has 0 unspecified atom stereocenters. The fourth-order valence-electron chi connectivity index (χ4n) is 3.49. The van der Waals surface area contributed by atoms with E-state index in [4.69, 9.17) is 13.7 Å². The second kappa shape index (κ2) is 13.1. The molecule has 0 aliphatic rings. The lowest BCUT2D eigenvalue weighted by atomic mass is 10.3. The van der Waals surface area contributed by atoms with Gasteiger partial charge in [-0.1, -0.05) is 51.8 Å². The SMILES string of the molecule is CCCCOc1ccc(S(OC(=O)CC)(c2ccccc2)c2ccc(OCCCC)cc2)cc1. The predicted octanol–water partition coefficient (Wildman–Crippen LogP) is 8.19. The molecule has 3 aromatic rings. The topological polar surface area (TPSA) is 44.8 Å². The van der Waals surface area contributed by atoms with Crippen molar-refractivity contribution < 1.29 is 18.5 Å². The Kier molecular flexibility index (Phi) is 9.89. The number of carbonyl (C=O) groups is 1. The van der Waals surface area contributed by atoms with Crippen LogP contribution in [0.4, 0.5) is 0 Å². The van der Waals surface area contributed by atoms with Crippen molar-refractivity contribution in [2.45, 2.75) is 67.6 Å². The first kappa shape index (κ1) is 25.7. The zero-order valence-corrected chi connectivity index (χ0v) is 21.3. The van der Waals surface area contributed by atoms with Gasteiger partial charge in [-0.25, -0.2) is 0 Å². The standard InChI is InChI=1S/C29H36O4S/c1-4-7-22-31-24-14-18-27(19-15-24)34(33-29(30)6-3,26-12-10-9-11-13-26)28-20-16-25(17-21-28)32-23-8-5-2/h9-21H,4-8,22-23H2,1-3H3. The van der Waals surface area contributed by atoms with Gasteiger partial charge >= 0.3 is 5.97 Å². The van der Waals surface area contributed by atoms with Crippen LogP contribution in [-0.2, 0) is 8.98 Å². The van der Waals surface area contributed by atoms with Gasteiger partial charge in [-0.15, -0.1) is 0 Å². The van der Waals surface area contributed by atoms with E-state index in [1.807, 2.05) is 85.8 Å². The van der Waals surface area contributed by atoms with Crippen molar-refractivity contribution in [3.8, 4) is 11.5 Å². The van der Waals surface area contributed by atoms with Crippen LogP contribution in [0, 0.1) is 0 Å². The van der Waals surface area contributed by atoms with Gasteiger partial charge in [0.15, 0.2) is 0 Å². The third-order valence-corrected chi connectivity index (χ3v) is 8.67. The molecule has 5 heteroatoms. The summed E-state index contributed by atoms with van der Waals surface area (Å²) in [5, 5.41) is 0. The largest absolute Gasteiger partial charge is 0.494 e. The van der Waals surface area contributed by atoms with Gasteiger partial charge in [0.2, 0.25) is 0 Å². The van der Waals surface area contributed by atoms with E-state index in [9.17, 15) is 4.79 Å². The van der Waals surface area contributed by atoms with Crippen molar-refractivity contribution in [2.75, 3.05) is 13.2 Å². The van der Waals surface area contributed by atoms with E-state index in [0.717, 1.165) is 51.9 Å². The summed E-state index contributed by atoms with van der Waals surface area (Å²) in [7, 11) is -2.29. The molecule has 0 N–H and O–H groups in total. The van der Waals surface area contributed by atoms with Crippen LogP contribution < -0.4 is 9.47 Å². The van der Waals surface area contributed by atoms with E-state index in [0.29, 0.717) is 19.6 Å². The first-order valence-corrected chi connectivity index (χ1v) is 13.8. The van der Waals surface area contributed by atoms with Gasteiger partial charge < -0.3 is 13.7 Å². The Labute approximate surface area is 205 Å². The minimum Gasteiger partial charge on any atom is -0.494 e. The van der Waals surface area contributed by atoms with Gasteiger partial charge in [-0.05, 0) is 83.8 Å². The highest BCUT2D eigenvalue weighted by Gasteiger charge is 2.35. The van der Waals surface area contributed by atoms with Crippen molar-refractivity contribution in [1.82, 2.24) is 0 Å². The molecule has 0 spiro atoms. The van der Waals surface area contributed by atoms with Gasteiger partial charge in [-0.2, -0.15) is 0 Å². The first-order chi connectivity index (χ1) is 16.6. The van der Waals surface area contributed by atoms with Crippen molar-refractivity contribution >= 4 is 16.3 Å². The van der Waals surface area contributed by atoms with E-state index >= 15 is 0 Å². The summed E-state index contributed by atoms with van der Waals surface area (Å²) in [6.45, 7) is 7.50. The minimum absolute atomic E-state index is 0.231. The maximum Gasteiger partial charge on any atom is 0.316 e. The molecule has 0 aliphatic heterocycles. The Hall–Kier alpha value is -2.92. The molecular weight excluding hydrogens is 444 g/mol.